The Morgan fingerprint density at radius 1 is 1.40 bits per heavy atom. The van der Waals surface area contributed by atoms with Crippen molar-refractivity contribution in [1.29, 1.82) is 0 Å². The summed E-state index contributed by atoms with van der Waals surface area (Å²) in [4.78, 5) is 22.6. The van der Waals surface area contributed by atoms with Crippen molar-refractivity contribution in [2.45, 2.75) is 20.3 Å². The van der Waals surface area contributed by atoms with Crippen LogP contribution in [0.2, 0.25) is 0 Å². The zero-order valence-electron chi connectivity index (χ0n) is 11.6. The van der Waals surface area contributed by atoms with Crippen LogP contribution in [0.5, 0.6) is 0 Å². The van der Waals surface area contributed by atoms with Crippen molar-refractivity contribution in [3.05, 3.63) is 29.8 Å². The molecule has 0 bridgehead atoms. The standard InChI is InChI=1S/C14H18N4O2/c1-3-15-14(20)16-11-6-4-10(5-7-11)13-9(2)8-12(19)17-18-13/h4-7,9H,3,8H2,1-2H3,(H,17,19)(H2,15,16,20). The highest BCUT2D eigenvalue weighted by Crippen LogP contribution is 2.18. The molecule has 0 fully saturated rings. The Labute approximate surface area is 117 Å². The maximum absolute atomic E-state index is 11.4. The van der Waals surface area contributed by atoms with Crippen molar-refractivity contribution in [1.82, 2.24) is 10.7 Å². The predicted octanol–water partition coefficient (Wildman–Crippen LogP) is 1.69. The molecule has 20 heavy (non-hydrogen) atoms. The van der Waals surface area contributed by atoms with E-state index in [1.807, 2.05) is 38.1 Å². The van der Waals surface area contributed by atoms with Crippen LogP contribution >= 0.6 is 0 Å². The van der Waals surface area contributed by atoms with Crippen LogP contribution in [0, 0.1) is 5.92 Å². The fraction of sp³-hybridized carbons (Fsp3) is 0.357. The van der Waals surface area contributed by atoms with Gasteiger partial charge in [-0.05, 0) is 24.6 Å². The first-order valence-electron chi connectivity index (χ1n) is 6.62. The van der Waals surface area contributed by atoms with Gasteiger partial charge in [0.15, 0.2) is 0 Å². The minimum Gasteiger partial charge on any atom is -0.338 e. The summed E-state index contributed by atoms with van der Waals surface area (Å²) in [6.07, 6.45) is 0.442. The number of hydrogen-bond acceptors (Lipinski definition) is 3. The maximum Gasteiger partial charge on any atom is 0.319 e. The highest BCUT2D eigenvalue weighted by molar-refractivity contribution is 6.06. The molecule has 106 valence electrons. The molecule has 2 rings (SSSR count). The third-order valence-electron chi connectivity index (χ3n) is 3.04. The van der Waals surface area contributed by atoms with Crippen molar-refractivity contribution in [2.24, 2.45) is 11.0 Å². The predicted molar refractivity (Wildman–Crippen MR) is 77.6 cm³/mol. The van der Waals surface area contributed by atoms with Crippen LogP contribution < -0.4 is 16.1 Å². The van der Waals surface area contributed by atoms with Gasteiger partial charge in [-0.15, -0.1) is 0 Å². The maximum atomic E-state index is 11.4. The summed E-state index contributed by atoms with van der Waals surface area (Å²) in [6.45, 7) is 4.41. The number of nitrogens with zero attached hydrogens (tertiary/aromatic N) is 1. The van der Waals surface area contributed by atoms with Crippen LogP contribution in [0.25, 0.3) is 0 Å². The topological polar surface area (TPSA) is 82.6 Å². The Morgan fingerprint density at radius 2 is 2.10 bits per heavy atom. The van der Waals surface area contributed by atoms with E-state index in [1.165, 1.54) is 0 Å². The summed E-state index contributed by atoms with van der Waals surface area (Å²) in [5.41, 5.74) is 5.01. The summed E-state index contributed by atoms with van der Waals surface area (Å²) in [5, 5.41) is 9.49. The van der Waals surface area contributed by atoms with Gasteiger partial charge in [-0.1, -0.05) is 19.1 Å². The second kappa shape index (κ2) is 6.18. The molecule has 1 heterocycles. The van der Waals surface area contributed by atoms with E-state index in [4.69, 9.17) is 0 Å². The minimum absolute atomic E-state index is 0.0595. The highest BCUT2D eigenvalue weighted by atomic mass is 16.2. The van der Waals surface area contributed by atoms with Crippen LogP contribution in [0.4, 0.5) is 10.5 Å². The number of anilines is 1. The number of nitrogens with one attached hydrogen (secondary N) is 3. The molecule has 1 unspecified atom stereocenters. The van der Waals surface area contributed by atoms with Crippen molar-refractivity contribution in [2.75, 3.05) is 11.9 Å². The lowest BCUT2D eigenvalue weighted by Crippen LogP contribution is -2.32. The molecule has 1 aromatic rings. The van der Waals surface area contributed by atoms with Crippen LogP contribution in [0.3, 0.4) is 0 Å². The lowest BCUT2D eigenvalue weighted by molar-refractivity contribution is -0.121. The van der Waals surface area contributed by atoms with Gasteiger partial charge >= 0.3 is 6.03 Å². The second-order valence-electron chi connectivity index (χ2n) is 4.70. The molecular formula is C14H18N4O2. The molecule has 3 N–H and O–H groups in total. The van der Waals surface area contributed by atoms with E-state index >= 15 is 0 Å². The number of hydrazone groups is 1. The van der Waals surface area contributed by atoms with E-state index in [0.29, 0.717) is 18.7 Å². The van der Waals surface area contributed by atoms with Crippen molar-refractivity contribution in [3.8, 4) is 0 Å². The minimum atomic E-state index is -0.226. The van der Waals surface area contributed by atoms with Crippen LogP contribution in [0.1, 0.15) is 25.8 Å². The molecule has 0 radical (unpaired) electrons. The average Bonchev–Trinajstić information content (AvgIpc) is 2.40. The summed E-state index contributed by atoms with van der Waals surface area (Å²) >= 11 is 0. The zero-order chi connectivity index (χ0) is 14.5. The summed E-state index contributed by atoms with van der Waals surface area (Å²) < 4.78 is 0. The molecular weight excluding hydrogens is 256 g/mol. The lowest BCUT2D eigenvalue weighted by Gasteiger charge is -2.19. The highest BCUT2D eigenvalue weighted by Gasteiger charge is 2.21. The number of urea groups is 1. The zero-order valence-corrected chi connectivity index (χ0v) is 11.6. The quantitative estimate of drug-likeness (QED) is 0.783. The van der Waals surface area contributed by atoms with Gasteiger partial charge in [0.1, 0.15) is 0 Å². The van der Waals surface area contributed by atoms with Gasteiger partial charge < -0.3 is 10.6 Å². The van der Waals surface area contributed by atoms with Gasteiger partial charge in [0.05, 0.1) is 5.71 Å². The Hall–Kier alpha value is -2.37. The largest absolute Gasteiger partial charge is 0.338 e. The van der Waals surface area contributed by atoms with Crippen LogP contribution in [0.15, 0.2) is 29.4 Å². The first-order chi connectivity index (χ1) is 9.60. The van der Waals surface area contributed by atoms with E-state index in [0.717, 1.165) is 11.3 Å². The Kier molecular flexibility index (Phi) is 4.34. The second-order valence-corrected chi connectivity index (χ2v) is 4.70. The Balaban J connectivity index is 2.08. The van der Waals surface area contributed by atoms with E-state index in [1.54, 1.807) is 0 Å². The molecule has 1 aromatic carbocycles. The van der Waals surface area contributed by atoms with Crippen molar-refractivity contribution in [3.63, 3.8) is 0 Å². The molecule has 1 aliphatic rings. The smallest absolute Gasteiger partial charge is 0.319 e. The lowest BCUT2D eigenvalue weighted by atomic mass is 9.94. The molecule has 3 amide bonds. The summed E-state index contributed by atoms with van der Waals surface area (Å²) in [6, 6.07) is 7.17. The molecule has 6 heteroatoms. The fourth-order valence-corrected chi connectivity index (χ4v) is 2.06. The fourth-order valence-electron chi connectivity index (χ4n) is 2.06. The molecule has 6 nitrogen and oxygen atoms in total. The van der Waals surface area contributed by atoms with Gasteiger partial charge in [-0.3, -0.25) is 4.79 Å². The normalized spacial score (nSPS) is 18.0. The van der Waals surface area contributed by atoms with Crippen molar-refractivity contribution >= 4 is 23.3 Å². The van der Waals surface area contributed by atoms with Crippen molar-refractivity contribution < 1.29 is 9.59 Å². The Morgan fingerprint density at radius 3 is 2.70 bits per heavy atom. The molecule has 0 aliphatic carbocycles. The van der Waals surface area contributed by atoms with Crippen LogP contribution in [-0.4, -0.2) is 24.2 Å². The molecule has 0 aromatic heterocycles. The average molecular weight is 274 g/mol. The summed E-state index contributed by atoms with van der Waals surface area (Å²) in [7, 11) is 0. The molecule has 1 atom stereocenters. The van der Waals surface area contributed by atoms with E-state index < -0.39 is 0 Å². The number of amides is 3. The number of carbonyl (C=O) groups is 2. The molecule has 0 saturated heterocycles. The van der Waals surface area contributed by atoms with Gasteiger partial charge in [0.2, 0.25) is 5.91 Å². The molecule has 0 saturated carbocycles. The molecule has 1 aliphatic heterocycles. The first-order valence-corrected chi connectivity index (χ1v) is 6.62. The van der Waals surface area contributed by atoms with Gasteiger partial charge in [-0.25, -0.2) is 10.2 Å². The van der Waals surface area contributed by atoms with E-state index in [-0.39, 0.29) is 17.9 Å². The summed E-state index contributed by atoms with van der Waals surface area (Å²) in [5.74, 6) is 0.0294. The number of hydrogen-bond donors (Lipinski definition) is 3. The van der Waals surface area contributed by atoms with E-state index in [9.17, 15) is 9.59 Å². The number of benzene rings is 1. The van der Waals surface area contributed by atoms with Crippen LogP contribution in [-0.2, 0) is 4.79 Å². The van der Waals surface area contributed by atoms with Gasteiger partial charge in [-0.2, -0.15) is 5.10 Å². The van der Waals surface area contributed by atoms with E-state index in [2.05, 4.69) is 21.2 Å². The van der Waals surface area contributed by atoms with Gasteiger partial charge in [0, 0.05) is 24.6 Å². The SMILES string of the molecule is CCNC(=O)Nc1ccc(C2=NNC(=O)CC2C)cc1. The first kappa shape index (κ1) is 14.0. The molecule has 0 spiro atoms. The van der Waals surface area contributed by atoms with Gasteiger partial charge in [0.25, 0.3) is 0 Å². The Bertz CT molecular complexity index is 537. The third kappa shape index (κ3) is 3.34. The third-order valence-corrected chi connectivity index (χ3v) is 3.04. The number of carbonyl (C=O) groups excluding carboxylic acids is 2. The number of rotatable bonds is 3. The monoisotopic (exact) mass is 274 g/mol.